The number of ether oxygens (including phenoxy) is 1. The van der Waals surface area contributed by atoms with Crippen molar-refractivity contribution in [2.24, 2.45) is 0 Å². The average Bonchev–Trinajstić information content (AvgIpc) is 2.82. The normalized spacial score (nSPS) is 17.0. The molecule has 1 N–H and O–H groups in total. The minimum atomic E-state index is -0.780. The van der Waals surface area contributed by atoms with Gasteiger partial charge in [0, 0.05) is 44.4 Å². The molecular formula is C24H25F2N3O4. The number of esters is 1. The number of nitrogens with one attached hydrogen (secondary N) is 1. The molecule has 2 aromatic rings. The summed E-state index contributed by atoms with van der Waals surface area (Å²) in [6.45, 7) is 1.04. The van der Waals surface area contributed by atoms with E-state index >= 15 is 0 Å². The van der Waals surface area contributed by atoms with E-state index in [0.717, 1.165) is 6.07 Å². The van der Waals surface area contributed by atoms with Gasteiger partial charge in [0.2, 0.25) is 0 Å². The summed E-state index contributed by atoms with van der Waals surface area (Å²) in [6.07, 6.45) is 1.48. The summed E-state index contributed by atoms with van der Waals surface area (Å²) in [5.41, 5.74) is 1.08. The summed E-state index contributed by atoms with van der Waals surface area (Å²) in [5.74, 6) is -1.98. The lowest BCUT2D eigenvalue weighted by Crippen LogP contribution is -2.59. The molecule has 0 aromatic heterocycles. The van der Waals surface area contributed by atoms with Gasteiger partial charge < -0.3 is 19.9 Å². The largest absolute Gasteiger partial charge is 0.465 e. The Morgan fingerprint density at radius 3 is 2.55 bits per heavy atom. The first kappa shape index (κ1) is 22.7. The van der Waals surface area contributed by atoms with Gasteiger partial charge in [0.1, 0.15) is 11.6 Å². The van der Waals surface area contributed by atoms with Crippen LogP contribution in [0.15, 0.2) is 36.4 Å². The lowest BCUT2D eigenvalue weighted by atomic mass is 9.77. The maximum absolute atomic E-state index is 13.8. The highest BCUT2D eigenvalue weighted by molar-refractivity contribution is 6.04. The maximum Gasteiger partial charge on any atom is 0.340 e. The van der Waals surface area contributed by atoms with Crippen molar-refractivity contribution in [1.82, 2.24) is 10.2 Å². The number of amides is 2. The van der Waals surface area contributed by atoms with E-state index in [1.54, 1.807) is 11.0 Å². The van der Waals surface area contributed by atoms with Gasteiger partial charge in [-0.2, -0.15) is 0 Å². The fourth-order valence-corrected chi connectivity index (χ4v) is 4.67. The predicted molar refractivity (Wildman–Crippen MR) is 117 cm³/mol. The third-order valence-corrected chi connectivity index (χ3v) is 6.68. The van der Waals surface area contributed by atoms with Crippen LogP contribution < -0.4 is 10.2 Å². The summed E-state index contributed by atoms with van der Waals surface area (Å²) in [4.78, 5) is 40.8. The van der Waals surface area contributed by atoms with Crippen LogP contribution in [0.1, 0.15) is 45.5 Å². The SMILES string of the molecule is COC(=O)c1cc(CNC(=O)N2CCC3(CC2)CC(=O)c2cc(F)ccc2N3C)ccc1F. The molecule has 2 aliphatic heterocycles. The highest BCUT2D eigenvalue weighted by Crippen LogP contribution is 2.41. The summed E-state index contributed by atoms with van der Waals surface area (Å²) >= 11 is 0. The Hall–Kier alpha value is -3.49. The van der Waals surface area contributed by atoms with Gasteiger partial charge in [-0.1, -0.05) is 6.07 Å². The average molecular weight is 457 g/mol. The fourth-order valence-electron chi connectivity index (χ4n) is 4.67. The second-order valence-corrected chi connectivity index (χ2v) is 8.50. The highest BCUT2D eigenvalue weighted by atomic mass is 19.1. The number of rotatable bonds is 3. The van der Waals surface area contributed by atoms with Crippen LogP contribution >= 0.6 is 0 Å². The molecule has 7 nitrogen and oxygen atoms in total. The number of benzene rings is 2. The molecule has 1 spiro atoms. The van der Waals surface area contributed by atoms with E-state index in [4.69, 9.17) is 0 Å². The first-order valence-corrected chi connectivity index (χ1v) is 10.7. The zero-order valence-electron chi connectivity index (χ0n) is 18.5. The van der Waals surface area contributed by atoms with Crippen molar-refractivity contribution in [3.63, 3.8) is 0 Å². The second kappa shape index (κ2) is 8.80. The van der Waals surface area contributed by atoms with Crippen molar-refractivity contribution in [2.45, 2.75) is 31.3 Å². The van der Waals surface area contributed by atoms with Gasteiger partial charge in [-0.25, -0.2) is 18.4 Å². The van der Waals surface area contributed by atoms with E-state index in [2.05, 4.69) is 10.1 Å². The maximum atomic E-state index is 13.8. The number of anilines is 1. The van der Waals surface area contributed by atoms with Gasteiger partial charge in [0.25, 0.3) is 0 Å². The van der Waals surface area contributed by atoms with E-state index in [-0.39, 0.29) is 30.3 Å². The number of Topliss-reactive ketones (excluding diaryl/α,β-unsaturated/α-hetero) is 1. The number of carbonyl (C=O) groups is 3. The number of ketones is 1. The van der Waals surface area contributed by atoms with E-state index in [1.165, 1.54) is 31.4 Å². The zero-order chi connectivity index (χ0) is 23.8. The van der Waals surface area contributed by atoms with Crippen LogP contribution in [0.5, 0.6) is 0 Å². The van der Waals surface area contributed by atoms with Gasteiger partial charge in [-0.3, -0.25) is 4.79 Å². The van der Waals surface area contributed by atoms with Gasteiger partial charge in [0.15, 0.2) is 5.78 Å². The van der Waals surface area contributed by atoms with Gasteiger partial charge in [-0.05, 0) is 48.7 Å². The topological polar surface area (TPSA) is 79.0 Å². The molecule has 2 amide bonds. The monoisotopic (exact) mass is 457 g/mol. The molecule has 0 unspecified atom stereocenters. The van der Waals surface area contributed by atoms with E-state index in [1.807, 2.05) is 11.9 Å². The van der Waals surface area contributed by atoms with Crippen molar-refractivity contribution in [2.75, 3.05) is 32.1 Å². The molecule has 1 fully saturated rings. The second-order valence-electron chi connectivity index (χ2n) is 8.50. The first-order valence-electron chi connectivity index (χ1n) is 10.7. The van der Waals surface area contributed by atoms with Crippen molar-refractivity contribution in [1.29, 1.82) is 0 Å². The molecule has 2 aromatic carbocycles. The van der Waals surface area contributed by atoms with Crippen LogP contribution in [0.3, 0.4) is 0 Å². The van der Waals surface area contributed by atoms with Crippen molar-refractivity contribution in [3.8, 4) is 0 Å². The molecule has 0 bridgehead atoms. The molecular weight excluding hydrogens is 432 g/mol. The number of piperidine rings is 1. The number of hydrogen-bond acceptors (Lipinski definition) is 5. The number of carbonyl (C=O) groups excluding carboxylic acids is 3. The Labute approximate surface area is 190 Å². The van der Waals surface area contributed by atoms with Crippen LogP contribution in [-0.2, 0) is 11.3 Å². The molecule has 33 heavy (non-hydrogen) atoms. The molecule has 174 valence electrons. The number of methoxy groups -OCH3 is 1. The third-order valence-electron chi connectivity index (χ3n) is 6.68. The number of hydrogen-bond donors (Lipinski definition) is 1. The number of nitrogens with zero attached hydrogens (tertiary/aromatic N) is 2. The summed E-state index contributed by atoms with van der Waals surface area (Å²) in [7, 11) is 3.08. The number of likely N-dealkylation sites (tertiary alicyclic amines) is 1. The molecule has 9 heteroatoms. The fraction of sp³-hybridized carbons (Fsp3) is 0.375. The minimum Gasteiger partial charge on any atom is -0.465 e. The number of halogens is 2. The standard InChI is InChI=1S/C24H25F2N3O4/c1-28-20-6-4-16(25)12-18(20)21(30)13-24(28)7-9-29(10-8-24)23(32)27-14-15-3-5-19(26)17(11-15)22(31)33-2/h3-6,11-12H,7-10,13-14H2,1-2H3,(H,27,32). The Balaban J connectivity index is 1.38. The lowest BCUT2D eigenvalue weighted by molar-refractivity contribution is 0.0595. The quantitative estimate of drug-likeness (QED) is 0.714. The molecule has 0 radical (unpaired) electrons. The number of fused-ring (bicyclic) bond motifs is 1. The zero-order valence-corrected chi connectivity index (χ0v) is 18.5. The van der Waals surface area contributed by atoms with Gasteiger partial charge >= 0.3 is 12.0 Å². The van der Waals surface area contributed by atoms with Gasteiger partial charge in [0.05, 0.1) is 18.2 Å². The van der Waals surface area contributed by atoms with Crippen molar-refractivity contribution >= 4 is 23.5 Å². The summed E-state index contributed by atoms with van der Waals surface area (Å²) < 4.78 is 32.0. The Kier molecular flexibility index (Phi) is 6.05. The molecule has 1 saturated heterocycles. The van der Waals surface area contributed by atoms with E-state index < -0.39 is 23.1 Å². The van der Waals surface area contributed by atoms with Crippen LogP contribution in [0.4, 0.5) is 19.3 Å². The summed E-state index contributed by atoms with van der Waals surface area (Å²) in [5, 5.41) is 2.80. The minimum absolute atomic E-state index is 0.0850. The predicted octanol–water partition coefficient (Wildman–Crippen LogP) is 3.52. The van der Waals surface area contributed by atoms with Crippen molar-refractivity contribution in [3.05, 3.63) is 64.7 Å². The van der Waals surface area contributed by atoms with Crippen LogP contribution in [0, 0.1) is 11.6 Å². The molecule has 4 rings (SSSR count). The molecule has 0 atom stereocenters. The molecule has 0 saturated carbocycles. The lowest BCUT2D eigenvalue weighted by Gasteiger charge is -2.50. The van der Waals surface area contributed by atoms with Crippen LogP contribution in [0.2, 0.25) is 0 Å². The number of urea groups is 1. The van der Waals surface area contributed by atoms with Crippen LogP contribution in [0.25, 0.3) is 0 Å². The Morgan fingerprint density at radius 2 is 1.85 bits per heavy atom. The summed E-state index contributed by atoms with van der Waals surface area (Å²) in [6, 6.07) is 8.01. The molecule has 2 heterocycles. The smallest absolute Gasteiger partial charge is 0.340 e. The first-order chi connectivity index (χ1) is 15.7. The van der Waals surface area contributed by atoms with E-state index in [9.17, 15) is 23.2 Å². The Morgan fingerprint density at radius 1 is 1.12 bits per heavy atom. The van der Waals surface area contributed by atoms with Crippen molar-refractivity contribution < 1.29 is 27.9 Å². The third kappa shape index (κ3) is 4.27. The van der Waals surface area contributed by atoms with E-state index in [0.29, 0.717) is 42.7 Å². The molecule has 2 aliphatic rings. The Bertz CT molecular complexity index is 1110. The highest BCUT2D eigenvalue weighted by Gasteiger charge is 2.45. The molecule has 0 aliphatic carbocycles. The van der Waals surface area contributed by atoms with Crippen LogP contribution in [-0.4, -0.2) is 55.5 Å². The van der Waals surface area contributed by atoms with Gasteiger partial charge in [-0.15, -0.1) is 0 Å².